The SMILES string of the molecule is CCN1CCC(CNC(=O)c2ccccc2I)CC1. The van der Waals surface area contributed by atoms with Crippen LogP contribution in [0.5, 0.6) is 0 Å². The lowest BCUT2D eigenvalue weighted by Crippen LogP contribution is -2.38. The van der Waals surface area contributed by atoms with Gasteiger partial charge in [-0.3, -0.25) is 4.79 Å². The molecule has 0 radical (unpaired) electrons. The molecule has 1 saturated heterocycles. The van der Waals surface area contributed by atoms with Crippen molar-refractivity contribution < 1.29 is 4.79 Å². The molecule has 0 saturated carbocycles. The van der Waals surface area contributed by atoms with E-state index in [-0.39, 0.29) is 5.91 Å². The summed E-state index contributed by atoms with van der Waals surface area (Å²) in [5.41, 5.74) is 0.786. The Labute approximate surface area is 128 Å². The lowest BCUT2D eigenvalue weighted by Gasteiger charge is -2.31. The van der Waals surface area contributed by atoms with Gasteiger partial charge in [0, 0.05) is 10.1 Å². The summed E-state index contributed by atoms with van der Waals surface area (Å²) >= 11 is 2.21. The highest BCUT2D eigenvalue weighted by Gasteiger charge is 2.19. The van der Waals surface area contributed by atoms with E-state index in [1.54, 1.807) is 0 Å². The predicted octanol–water partition coefficient (Wildman–Crippen LogP) is 2.75. The molecular formula is C15H21IN2O. The highest BCUT2D eigenvalue weighted by molar-refractivity contribution is 14.1. The van der Waals surface area contributed by atoms with Gasteiger partial charge in [0.1, 0.15) is 0 Å². The zero-order valence-corrected chi connectivity index (χ0v) is 13.5. The van der Waals surface area contributed by atoms with E-state index in [1.165, 1.54) is 25.9 Å². The second-order valence-electron chi connectivity index (χ2n) is 5.07. The summed E-state index contributed by atoms with van der Waals surface area (Å²) in [4.78, 5) is 14.6. The molecule has 0 unspecified atom stereocenters. The Balaban J connectivity index is 1.80. The van der Waals surface area contributed by atoms with Gasteiger partial charge < -0.3 is 10.2 Å². The first-order valence-electron chi connectivity index (χ1n) is 6.95. The predicted molar refractivity (Wildman–Crippen MR) is 86.3 cm³/mol. The molecule has 4 heteroatoms. The van der Waals surface area contributed by atoms with Crippen molar-refractivity contribution in [2.24, 2.45) is 5.92 Å². The third-order valence-electron chi connectivity index (χ3n) is 3.82. The minimum absolute atomic E-state index is 0.0583. The molecule has 1 fully saturated rings. The molecule has 3 nitrogen and oxygen atoms in total. The van der Waals surface area contributed by atoms with E-state index in [1.807, 2.05) is 24.3 Å². The molecule has 19 heavy (non-hydrogen) atoms. The van der Waals surface area contributed by atoms with Gasteiger partial charge in [0.15, 0.2) is 0 Å². The van der Waals surface area contributed by atoms with Gasteiger partial charge in [-0.25, -0.2) is 0 Å². The van der Waals surface area contributed by atoms with Gasteiger partial charge in [-0.1, -0.05) is 19.1 Å². The molecule has 1 amide bonds. The number of nitrogens with zero attached hydrogens (tertiary/aromatic N) is 1. The first-order valence-corrected chi connectivity index (χ1v) is 8.03. The first-order chi connectivity index (χ1) is 9.20. The normalized spacial score (nSPS) is 17.4. The summed E-state index contributed by atoms with van der Waals surface area (Å²) in [5, 5.41) is 3.08. The van der Waals surface area contributed by atoms with Crippen LogP contribution in [0.4, 0.5) is 0 Å². The summed E-state index contributed by atoms with van der Waals surface area (Å²) < 4.78 is 1.01. The van der Waals surface area contributed by atoms with Crippen LogP contribution >= 0.6 is 22.6 Å². The third-order valence-corrected chi connectivity index (χ3v) is 4.76. The Morgan fingerprint density at radius 1 is 1.37 bits per heavy atom. The van der Waals surface area contributed by atoms with Crippen LogP contribution in [-0.4, -0.2) is 37.0 Å². The van der Waals surface area contributed by atoms with Crippen molar-refractivity contribution in [2.75, 3.05) is 26.2 Å². The zero-order chi connectivity index (χ0) is 13.7. The van der Waals surface area contributed by atoms with Crippen molar-refractivity contribution in [3.63, 3.8) is 0 Å². The van der Waals surface area contributed by atoms with Crippen LogP contribution in [-0.2, 0) is 0 Å². The second kappa shape index (κ2) is 7.24. The molecule has 104 valence electrons. The number of likely N-dealkylation sites (tertiary alicyclic amines) is 1. The van der Waals surface area contributed by atoms with E-state index in [0.717, 1.165) is 22.2 Å². The van der Waals surface area contributed by atoms with Crippen LogP contribution in [0.25, 0.3) is 0 Å². The van der Waals surface area contributed by atoms with Gasteiger partial charge >= 0.3 is 0 Å². The summed E-state index contributed by atoms with van der Waals surface area (Å²) in [6.45, 7) is 6.49. The van der Waals surface area contributed by atoms with E-state index in [0.29, 0.717) is 5.92 Å². The van der Waals surface area contributed by atoms with Gasteiger partial charge in [0.2, 0.25) is 0 Å². The molecule has 1 aliphatic rings. The number of hydrogen-bond acceptors (Lipinski definition) is 2. The number of hydrogen-bond donors (Lipinski definition) is 1. The fourth-order valence-electron chi connectivity index (χ4n) is 2.48. The Morgan fingerprint density at radius 2 is 2.05 bits per heavy atom. The van der Waals surface area contributed by atoms with Crippen LogP contribution < -0.4 is 5.32 Å². The molecular weight excluding hydrogens is 351 g/mol. The summed E-state index contributed by atoms with van der Waals surface area (Å²) in [7, 11) is 0. The number of nitrogens with one attached hydrogen (secondary N) is 1. The quantitative estimate of drug-likeness (QED) is 0.825. The molecule has 1 aromatic rings. The Kier molecular flexibility index (Phi) is 5.63. The first kappa shape index (κ1) is 14.8. The number of piperidine rings is 1. The van der Waals surface area contributed by atoms with Crippen LogP contribution in [0.1, 0.15) is 30.1 Å². The standard InChI is InChI=1S/C15H21IN2O/c1-2-18-9-7-12(8-10-18)11-17-15(19)13-5-3-4-6-14(13)16/h3-6,12H,2,7-11H2,1H3,(H,17,19). The Bertz CT molecular complexity index is 428. The number of halogens is 1. The van der Waals surface area contributed by atoms with Gasteiger partial charge in [-0.2, -0.15) is 0 Å². The van der Waals surface area contributed by atoms with E-state index in [4.69, 9.17) is 0 Å². The topological polar surface area (TPSA) is 32.3 Å². The largest absolute Gasteiger partial charge is 0.352 e. The maximum Gasteiger partial charge on any atom is 0.252 e. The van der Waals surface area contributed by atoms with Crippen LogP contribution in [0.2, 0.25) is 0 Å². The number of rotatable bonds is 4. The fraction of sp³-hybridized carbons (Fsp3) is 0.533. The van der Waals surface area contributed by atoms with Crippen molar-refractivity contribution in [2.45, 2.75) is 19.8 Å². The second-order valence-corrected chi connectivity index (χ2v) is 6.23. The minimum atomic E-state index is 0.0583. The van der Waals surface area contributed by atoms with Gasteiger partial charge in [0.25, 0.3) is 5.91 Å². The van der Waals surface area contributed by atoms with Crippen molar-refractivity contribution in [3.8, 4) is 0 Å². The minimum Gasteiger partial charge on any atom is -0.352 e. The molecule has 0 atom stereocenters. The van der Waals surface area contributed by atoms with Crippen molar-refractivity contribution in [3.05, 3.63) is 33.4 Å². The Hall–Kier alpha value is -0.620. The lowest BCUT2D eigenvalue weighted by molar-refractivity contribution is 0.0936. The molecule has 0 bridgehead atoms. The number of carbonyl (C=O) groups excluding carboxylic acids is 1. The van der Waals surface area contributed by atoms with E-state index >= 15 is 0 Å². The zero-order valence-electron chi connectivity index (χ0n) is 11.4. The Morgan fingerprint density at radius 3 is 2.68 bits per heavy atom. The fourth-order valence-corrected chi connectivity index (χ4v) is 3.12. The summed E-state index contributed by atoms with van der Waals surface area (Å²) in [6, 6.07) is 7.72. The van der Waals surface area contributed by atoms with E-state index in [2.05, 4.69) is 39.7 Å². The molecule has 1 N–H and O–H groups in total. The summed E-state index contributed by atoms with van der Waals surface area (Å²) in [5.74, 6) is 0.691. The van der Waals surface area contributed by atoms with E-state index in [9.17, 15) is 4.79 Å². The number of carbonyl (C=O) groups is 1. The van der Waals surface area contributed by atoms with Gasteiger partial charge in [0.05, 0.1) is 5.56 Å². The van der Waals surface area contributed by atoms with Crippen LogP contribution in [0.3, 0.4) is 0 Å². The average Bonchev–Trinajstić information content (AvgIpc) is 2.46. The van der Waals surface area contributed by atoms with E-state index < -0.39 is 0 Å². The molecule has 0 aliphatic carbocycles. The maximum absolute atomic E-state index is 12.1. The molecule has 1 heterocycles. The average molecular weight is 372 g/mol. The molecule has 1 aromatic carbocycles. The monoisotopic (exact) mass is 372 g/mol. The van der Waals surface area contributed by atoms with Crippen molar-refractivity contribution in [1.29, 1.82) is 0 Å². The number of amides is 1. The van der Waals surface area contributed by atoms with Crippen molar-refractivity contribution >= 4 is 28.5 Å². The molecule has 0 aromatic heterocycles. The smallest absolute Gasteiger partial charge is 0.252 e. The maximum atomic E-state index is 12.1. The van der Waals surface area contributed by atoms with Crippen molar-refractivity contribution in [1.82, 2.24) is 10.2 Å². The molecule has 2 rings (SSSR count). The number of benzene rings is 1. The lowest BCUT2D eigenvalue weighted by atomic mass is 9.97. The molecule has 0 spiro atoms. The van der Waals surface area contributed by atoms with Gasteiger partial charge in [-0.05, 0) is 73.1 Å². The van der Waals surface area contributed by atoms with Crippen LogP contribution in [0.15, 0.2) is 24.3 Å². The summed E-state index contributed by atoms with van der Waals surface area (Å²) in [6.07, 6.45) is 2.39. The highest BCUT2D eigenvalue weighted by atomic mass is 127. The highest BCUT2D eigenvalue weighted by Crippen LogP contribution is 2.16. The van der Waals surface area contributed by atoms with Crippen LogP contribution in [0, 0.1) is 9.49 Å². The third kappa shape index (κ3) is 4.18. The molecule has 1 aliphatic heterocycles. The van der Waals surface area contributed by atoms with Gasteiger partial charge in [-0.15, -0.1) is 0 Å².